The van der Waals surface area contributed by atoms with Gasteiger partial charge in [0.1, 0.15) is 0 Å². The highest BCUT2D eigenvalue weighted by molar-refractivity contribution is 7.09. The number of thiophene rings is 3. The van der Waals surface area contributed by atoms with Crippen molar-refractivity contribution in [3.05, 3.63) is 140 Å². The quantitative estimate of drug-likeness (QED) is 0.0635. The second-order valence-electron chi connectivity index (χ2n) is 15.9. The third-order valence-corrected chi connectivity index (χ3v) is 13.8. The van der Waals surface area contributed by atoms with E-state index in [1.807, 2.05) is 34.0 Å². The molecule has 0 nitrogen and oxygen atoms in total. The number of hydrogen-bond acceptors (Lipinski definition) is 3. The fourth-order valence-electron chi connectivity index (χ4n) is 8.15. The molecule has 0 saturated heterocycles. The number of benzene rings is 4. The van der Waals surface area contributed by atoms with Crippen LogP contribution >= 0.6 is 34.0 Å². The van der Waals surface area contributed by atoms with Crippen LogP contribution < -0.4 is 0 Å². The Hall–Kier alpha value is -4.02. The molecule has 0 radical (unpaired) electrons. The lowest BCUT2D eigenvalue weighted by Gasteiger charge is -2.14. The predicted octanol–water partition coefficient (Wildman–Crippen LogP) is 18.2. The molecule has 0 aliphatic rings. The first-order valence-electron chi connectivity index (χ1n) is 21.8. The van der Waals surface area contributed by atoms with Crippen LogP contribution in [-0.4, -0.2) is 0 Å². The van der Waals surface area contributed by atoms with Crippen LogP contribution in [0.5, 0.6) is 0 Å². The topological polar surface area (TPSA) is 0 Å². The molecule has 4 aromatic carbocycles. The average Bonchev–Trinajstić information content (AvgIpc) is 4.06. The van der Waals surface area contributed by atoms with Gasteiger partial charge in [-0.3, -0.25) is 0 Å². The van der Waals surface area contributed by atoms with Crippen molar-refractivity contribution in [1.82, 2.24) is 0 Å². The summed E-state index contributed by atoms with van der Waals surface area (Å²) in [5, 5.41) is 14.1. The highest BCUT2D eigenvalue weighted by Crippen LogP contribution is 2.44. The summed E-state index contributed by atoms with van der Waals surface area (Å²) >= 11 is 5.43. The van der Waals surface area contributed by atoms with Gasteiger partial charge in [-0.05, 0) is 139 Å². The maximum Gasteiger partial charge on any atom is 0.000228 e. The Kier molecular flexibility index (Phi) is 15.2. The molecule has 3 aromatic heterocycles. The zero-order chi connectivity index (χ0) is 39.2. The third-order valence-electron chi connectivity index (χ3n) is 11.6. The molecule has 294 valence electrons. The van der Waals surface area contributed by atoms with E-state index >= 15 is 0 Å². The van der Waals surface area contributed by atoms with E-state index in [0.717, 1.165) is 19.3 Å². The molecule has 7 aromatic rings. The molecule has 0 unspecified atom stereocenters. The van der Waals surface area contributed by atoms with E-state index in [-0.39, 0.29) is 0 Å². The Morgan fingerprint density at radius 3 is 0.772 bits per heavy atom. The SMILES string of the molecule is CCCCCCc1ccc(-c2cscc2-c2cc(-c3cscc3-c3ccc(CCCCCC)cc3)cc(-c3cscc3-c3ccc(CCCCCC)cc3)c2)cc1. The summed E-state index contributed by atoms with van der Waals surface area (Å²) in [6.07, 6.45) is 19.1. The van der Waals surface area contributed by atoms with Crippen molar-refractivity contribution < 1.29 is 0 Å². The summed E-state index contributed by atoms with van der Waals surface area (Å²) in [6.45, 7) is 6.86. The van der Waals surface area contributed by atoms with E-state index < -0.39 is 0 Å². The lowest BCUT2D eigenvalue weighted by Crippen LogP contribution is -1.90. The van der Waals surface area contributed by atoms with E-state index in [1.165, 1.54) is 161 Å². The molecular weight excluding hydrogens is 745 g/mol. The zero-order valence-corrected chi connectivity index (χ0v) is 36.9. The smallest absolute Gasteiger partial charge is 0.000228 e. The van der Waals surface area contributed by atoms with E-state index in [1.54, 1.807) is 0 Å². The predicted molar refractivity (Wildman–Crippen MR) is 256 cm³/mol. The van der Waals surface area contributed by atoms with Gasteiger partial charge in [-0.15, -0.1) is 0 Å². The lowest BCUT2D eigenvalue weighted by atomic mass is 9.89. The summed E-state index contributed by atoms with van der Waals surface area (Å²) in [4.78, 5) is 0. The average molecular weight is 805 g/mol. The summed E-state index contributed by atoms with van der Waals surface area (Å²) in [5.74, 6) is 0. The molecule has 0 bridgehead atoms. The molecule has 0 amide bonds. The van der Waals surface area contributed by atoms with E-state index in [0.29, 0.717) is 0 Å². The maximum atomic E-state index is 2.45. The second-order valence-corrected chi connectivity index (χ2v) is 18.1. The number of hydrogen-bond donors (Lipinski definition) is 0. The van der Waals surface area contributed by atoms with Gasteiger partial charge in [0.2, 0.25) is 0 Å². The fourth-order valence-corrected chi connectivity index (χ4v) is 10.7. The van der Waals surface area contributed by atoms with Crippen LogP contribution in [0.25, 0.3) is 66.8 Å². The molecule has 0 aliphatic heterocycles. The molecule has 0 spiro atoms. The summed E-state index contributed by atoms with van der Waals surface area (Å²) in [7, 11) is 0. The largest absolute Gasteiger partial charge is 0.151 e. The van der Waals surface area contributed by atoms with E-state index in [4.69, 9.17) is 0 Å². The first-order chi connectivity index (χ1) is 28.1. The molecule has 57 heavy (non-hydrogen) atoms. The van der Waals surface area contributed by atoms with Gasteiger partial charge in [0, 0.05) is 33.4 Å². The molecule has 0 fully saturated rings. The Morgan fingerprint density at radius 2 is 0.526 bits per heavy atom. The van der Waals surface area contributed by atoms with Crippen LogP contribution in [0.15, 0.2) is 123 Å². The zero-order valence-electron chi connectivity index (χ0n) is 34.5. The first-order valence-corrected chi connectivity index (χ1v) is 24.6. The van der Waals surface area contributed by atoms with Crippen LogP contribution in [0, 0.1) is 0 Å². The van der Waals surface area contributed by atoms with Crippen molar-refractivity contribution in [2.45, 2.75) is 117 Å². The van der Waals surface area contributed by atoms with Gasteiger partial charge in [-0.2, -0.15) is 34.0 Å². The highest BCUT2D eigenvalue weighted by atomic mass is 32.1. The molecule has 3 heterocycles. The van der Waals surface area contributed by atoms with Crippen molar-refractivity contribution in [2.24, 2.45) is 0 Å². The molecular formula is C54H60S3. The molecule has 0 N–H and O–H groups in total. The molecule has 3 heteroatoms. The van der Waals surface area contributed by atoms with E-state index in [2.05, 4.69) is 144 Å². The Bertz CT molecular complexity index is 1970. The highest BCUT2D eigenvalue weighted by Gasteiger charge is 2.18. The van der Waals surface area contributed by atoms with Gasteiger partial charge in [0.05, 0.1) is 0 Å². The summed E-state index contributed by atoms with van der Waals surface area (Å²) in [5.41, 5.74) is 20.0. The molecule has 0 saturated carbocycles. The van der Waals surface area contributed by atoms with Gasteiger partial charge in [-0.1, -0.05) is 151 Å². The van der Waals surface area contributed by atoms with Crippen LogP contribution in [-0.2, 0) is 19.3 Å². The normalized spacial score (nSPS) is 11.4. The molecule has 0 atom stereocenters. The Balaban J connectivity index is 1.24. The maximum absolute atomic E-state index is 2.45. The van der Waals surface area contributed by atoms with E-state index in [9.17, 15) is 0 Å². The van der Waals surface area contributed by atoms with Gasteiger partial charge in [0.25, 0.3) is 0 Å². The van der Waals surface area contributed by atoms with Crippen LogP contribution in [0.4, 0.5) is 0 Å². The standard InChI is InChI=1S/C54H60S3/c1-4-7-10-13-16-40-19-25-43(26-20-40)49-34-55-37-52(49)46-31-47(53-38-56-35-50(53)44-27-21-41(22-28-44)17-14-11-8-5-2)33-48(32-46)54-39-57-36-51(54)45-29-23-42(24-30-45)18-15-12-9-6-3/h19-39H,4-18H2,1-3H3. The van der Waals surface area contributed by atoms with Gasteiger partial charge >= 0.3 is 0 Å². The van der Waals surface area contributed by atoms with Crippen molar-refractivity contribution in [1.29, 1.82) is 0 Å². The Labute approximate surface area is 355 Å². The van der Waals surface area contributed by atoms with Crippen LogP contribution in [0.3, 0.4) is 0 Å². The van der Waals surface area contributed by atoms with Gasteiger partial charge < -0.3 is 0 Å². The molecule has 7 rings (SSSR count). The second kappa shape index (κ2) is 21.1. The summed E-state index contributed by atoms with van der Waals surface area (Å²) in [6, 6.07) is 35.6. The number of aryl methyl sites for hydroxylation is 3. The first kappa shape index (κ1) is 41.2. The van der Waals surface area contributed by atoms with Crippen LogP contribution in [0.2, 0.25) is 0 Å². The van der Waals surface area contributed by atoms with Crippen molar-refractivity contribution in [3.8, 4) is 66.8 Å². The number of unbranched alkanes of at least 4 members (excludes halogenated alkanes) is 9. The minimum atomic E-state index is 1.16. The lowest BCUT2D eigenvalue weighted by molar-refractivity contribution is 0.667. The third kappa shape index (κ3) is 10.7. The van der Waals surface area contributed by atoms with Crippen molar-refractivity contribution >= 4 is 34.0 Å². The minimum Gasteiger partial charge on any atom is -0.151 e. The van der Waals surface area contributed by atoms with Crippen LogP contribution in [0.1, 0.15) is 115 Å². The van der Waals surface area contributed by atoms with Gasteiger partial charge in [-0.25, -0.2) is 0 Å². The Morgan fingerprint density at radius 1 is 0.281 bits per heavy atom. The summed E-state index contributed by atoms with van der Waals surface area (Å²) < 4.78 is 0. The van der Waals surface area contributed by atoms with Crippen molar-refractivity contribution in [3.63, 3.8) is 0 Å². The number of rotatable bonds is 21. The minimum absolute atomic E-state index is 1.16. The molecule has 0 aliphatic carbocycles. The monoisotopic (exact) mass is 804 g/mol. The van der Waals surface area contributed by atoms with Crippen molar-refractivity contribution in [2.75, 3.05) is 0 Å². The fraction of sp³-hybridized carbons (Fsp3) is 0.333. The van der Waals surface area contributed by atoms with Gasteiger partial charge in [0.15, 0.2) is 0 Å².